The number of rotatable bonds is 6. The van der Waals surface area contributed by atoms with Crippen molar-refractivity contribution in [2.75, 3.05) is 37.4 Å². The van der Waals surface area contributed by atoms with Crippen LogP contribution in [0.3, 0.4) is 0 Å². The lowest BCUT2D eigenvalue weighted by atomic mass is 9.82. The molecule has 1 fully saturated rings. The smallest absolute Gasteiger partial charge is 0.374 e. The molecule has 2 aromatic carbocycles. The summed E-state index contributed by atoms with van der Waals surface area (Å²) >= 11 is 0. The van der Waals surface area contributed by atoms with Crippen LogP contribution in [0.1, 0.15) is 24.5 Å². The quantitative estimate of drug-likeness (QED) is 0.369. The molecule has 2 atom stereocenters. The van der Waals surface area contributed by atoms with Crippen LogP contribution in [0.5, 0.6) is 0 Å². The van der Waals surface area contributed by atoms with Crippen molar-refractivity contribution >= 4 is 35.3 Å². The van der Waals surface area contributed by atoms with Gasteiger partial charge in [0.1, 0.15) is 18.4 Å². The Morgan fingerprint density at radius 1 is 1.15 bits per heavy atom. The highest BCUT2D eigenvalue weighted by Gasteiger charge is 2.55. The van der Waals surface area contributed by atoms with Crippen LogP contribution in [0.25, 0.3) is 0 Å². The Kier molecular flexibility index (Phi) is 7.63. The van der Waals surface area contributed by atoms with Crippen molar-refractivity contribution in [3.05, 3.63) is 59.4 Å². The monoisotopic (exact) mass is 564 g/mol. The fraction of sp³-hybridized carbons (Fsp3) is 0.385. The number of hydrogen-bond acceptors (Lipinski definition) is 5. The number of hydrogen-bond donors (Lipinski definition) is 3. The zero-order valence-corrected chi connectivity index (χ0v) is 21.9. The Bertz CT molecular complexity index is 1340. The lowest BCUT2D eigenvalue weighted by Gasteiger charge is -2.39. The highest BCUT2D eigenvalue weighted by Crippen LogP contribution is 2.43. The largest absolute Gasteiger partial charge is 0.408 e. The maximum absolute atomic E-state index is 13.7. The Morgan fingerprint density at radius 3 is 2.45 bits per heavy atom. The molecule has 3 N–H and O–H groups in total. The van der Waals surface area contributed by atoms with E-state index in [1.54, 1.807) is 25.2 Å². The number of carbonyl (C=O) groups is 4. The normalized spacial score (nSPS) is 19.3. The molecule has 1 saturated heterocycles. The topological polar surface area (TPSA) is 114 Å². The van der Waals surface area contributed by atoms with E-state index < -0.39 is 60.5 Å². The van der Waals surface area contributed by atoms with Crippen LogP contribution in [0, 0.1) is 5.82 Å². The van der Waals surface area contributed by atoms with E-state index in [1.807, 2.05) is 4.90 Å². The Morgan fingerprint density at radius 2 is 1.82 bits per heavy atom. The van der Waals surface area contributed by atoms with Gasteiger partial charge in [0.15, 0.2) is 5.54 Å². The van der Waals surface area contributed by atoms with Crippen molar-refractivity contribution in [3.63, 3.8) is 0 Å². The Balaban J connectivity index is 1.61. The molecule has 0 aromatic heterocycles. The Labute approximate surface area is 227 Å². The summed E-state index contributed by atoms with van der Waals surface area (Å²) in [7, 11) is 3.22. The third-order valence-electron chi connectivity index (χ3n) is 7.17. The van der Waals surface area contributed by atoms with Crippen LogP contribution in [0.4, 0.5) is 38.5 Å². The van der Waals surface area contributed by atoms with E-state index in [9.17, 15) is 36.7 Å². The van der Waals surface area contributed by atoms with Gasteiger partial charge in [-0.1, -0.05) is 18.2 Å². The van der Waals surface area contributed by atoms with E-state index in [0.717, 1.165) is 19.1 Å². The SMILES string of the molecule is CNC(=O)Nc1ccc2c(c1)N(C)CCC21NC(=O)N(CC(=O)N(Cc2ccc(F)cc2)[C@@H](C)C(F)(F)F)C1=O. The number of carbonyl (C=O) groups excluding carboxylic acids is 4. The van der Waals surface area contributed by atoms with E-state index in [-0.39, 0.29) is 12.0 Å². The van der Waals surface area contributed by atoms with Crippen LogP contribution < -0.4 is 20.9 Å². The molecule has 2 aliphatic rings. The molecule has 2 aliphatic heterocycles. The number of anilines is 2. The molecule has 14 heteroatoms. The molecule has 1 unspecified atom stereocenters. The lowest BCUT2D eigenvalue weighted by Crippen LogP contribution is -2.52. The molecule has 214 valence electrons. The van der Waals surface area contributed by atoms with E-state index in [1.165, 1.54) is 19.2 Å². The fourth-order valence-corrected chi connectivity index (χ4v) is 4.82. The fourth-order valence-electron chi connectivity index (χ4n) is 4.82. The average molecular weight is 565 g/mol. The molecule has 10 nitrogen and oxygen atoms in total. The summed E-state index contributed by atoms with van der Waals surface area (Å²) in [5, 5.41) is 7.71. The van der Waals surface area contributed by atoms with Gasteiger partial charge in [-0.2, -0.15) is 13.2 Å². The van der Waals surface area contributed by atoms with Crippen molar-refractivity contribution in [1.82, 2.24) is 20.4 Å². The van der Waals surface area contributed by atoms with Gasteiger partial charge < -0.3 is 25.8 Å². The third kappa shape index (κ3) is 5.38. The van der Waals surface area contributed by atoms with Gasteiger partial charge in [-0.25, -0.2) is 14.0 Å². The molecule has 0 aliphatic carbocycles. The molecule has 0 saturated carbocycles. The van der Waals surface area contributed by atoms with Crippen molar-refractivity contribution in [3.8, 4) is 0 Å². The molecule has 0 bridgehead atoms. The van der Waals surface area contributed by atoms with E-state index in [0.29, 0.717) is 33.3 Å². The number of fused-ring (bicyclic) bond motifs is 2. The summed E-state index contributed by atoms with van der Waals surface area (Å²) < 4.78 is 54.3. The number of nitrogens with zero attached hydrogens (tertiary/aromatic N) is 3. The first kappa shape index (κ1) is 28.6. The van der Waals surface area contributed by atoms with Gasteiger partial charge in [0.25, 0.3) is 5.91 Å². The van der Waals surface area contributed by atoms with Gasteiger partial charge in [0, 0.05) is 50.5 Å². The van der Waals surface area contributed by atoms with Gasteiger partial charge in [0.05, 0.1) is 0 Å². The number of amides is 6. The molecule has 40 heavy (non-hydrogen) atoms. The summed E-state index contributed by atoms with van der Waals surface area (Å²) in [5.41, 5.74) is 0.102. The predicted molar refractivity (Wildman–Crippen MR) is 137 cm³/mol. The van der Waals surface area contributed by atoms with E-state index in [4.69, 9.17) is 0 Å². The minimum absolute atomic E-state index is 0.145. The minimum Gasteiger partial charge on any atom is -0.374 e. The number of halogens is 4. The number of urea groups is 2. The molecule has 1 spiro atoms. The van der Waals surface area contributed by atoms with Crippen LogP contribution in [0.15, 0.2) is 42.5 Å². The molecule has 4 rings (SSSR count). The summed E-state index contributed by atoms with van der Waals surface area (Å²) in [5.74, 6) is -2.47. The zero-order valence-electron chi connectivity index (χ0n) is 21.9. The second kappa shape index (κ2) is 10.7. The van der Waals surface area contributed by atoms with Gasteiger partial charge in [0.2, 0.25) is 5.91 Å². The lowest BCUT2D eigenvalue weighted by molar-refractivity contribution is -0.187. The molecule has 2 aromatic rings. The maximum atomic E-state index is 13.7. The first-order chi connectivity index (χ1) is 18.8. The number of benzene rings is 2. The first-order valence-electron chi connectivity index (χ1n) is 12.4. The zero-order chi connectivity index (χ0) is 29.4. The summed E-state index contributed by atoms with van der Waals surface area (Å²) in [6.45, 7) is -0.308. The van der Waals surface area contributed by atoms with Crippen LogP contribution in [-0.2, 0) is 21.7 Å². The Hall–Kier alpha value is -4.36. The standard InChI is InChI=1S/C26H28F4N6O4/c1-15(26(28,29)30)35(13-16-4-6-17(27)7-5-16)21(37)14-36-22(38)25(33-24(36)40)10-11-34(3)20-12-18(8-9-19(20)25)32-23(39)31-2/h4-9,12,15H,10-11,13-14H2,1-3H3,(H,33,40)(H2,31,32,39)/t15-,25?/m0/s1. The molecule has 6 amide bonds. The second-order valence-electron chi connectivity index (χ2n) is 9.70. The number of nitrogens with one attached hydrogen (secondary N) is 3. The number of alkyl halides is 3. The third-order valence-corrected chi connectivity index (χ3v) is 7.17. The molecular formula is C26H28F4N6O4. The minimum atomic E-state index is -4.79. The molecule has 2 heterocycles. The van der Waals surface area contributed by atoms with Gasteiger partial charge in [-0.3, -0.25) is 14.5 Å². The maximum Gasteiger partial charge on any atom is 0.408 e. The van der Waals surface area contributed by atoms with Crippen LogP contribution >= 0.6 is 0 Å². The highest BCUT2D eigenvalue weighted by molar-refractivity contribution is 6.10. The van der Waals surface area contributed by atoms with Crippen molar-refractivity contribution in [2.45, 2.75) is 37.6 Å². The van der Waals surface area contributed by atoms with Crippen molar-refractivity contribution < 1.29 is 36.7 Å². The van der Waals surface area contributed by atoms with Crippen LogP contribution in [-0.4, -0.2) is 73.1 Å². The van der Waals surface area contributed by atoms with Gasteiger partial charge >= 0.3 is 18.2 Å². The van der Waals surface area contributed by atoms with Gasteiger partial charge in [-0.05, 0) is 36.8 Å². The molecular weight excluding hydrogens is 536 g/mol. The van der Waals surface area contributed by atoms with Crippen molar-refractivity contribution in [1.29, 1.82) is 0 Å². The van der Waals surface area contributed by atoms with Crippen molar-refractivity contribution in [2.24, 2.45) is 0 Å². The summed E-state index contributed by atoms with van der Waals surface area (Å²) in [4.78, 5) is 54.6. The average Bonchev–Trinajstić information content (AvgIpc) is 3.14. The number of imide groups is 1. The van der Waals surface area contributed by atoms with E-state index >= 15 is 0 Å². The predicted octanol–water partition coefficient (Wildman–Crippen LogP) is 3.14. The summed E-state index contributed by atoms with van der Waals surface area (Å²) in [6.07, 6.45) is -4.65. The second-order valence-corrected chi connectivity index (χ2v) is 9.70. The van der Waals surface area contributed by atoms with Crippen LogP contribution in [0.2, 0.25) is 0 Å². The first-order valence-corrected chi connectivity index (χ1v) is 12.4. The molecule has 0 radical (unpaired) electrons. The summed E-state index contributed by atoms with van der Waals surface area (Å²) in [6, 6.07) is 5.78. The highest BCUT2D eigenvalue weighted by atomic mass is 19.4. The van der Waals surface area contributed by atoms with Gasteiger partial charge in [-0.15, -0.1) is 0 Å². The van der Waals surface area contributed by atoms with E-state index in [2.05, 4.69) is 16.0 Å².